The summed E-state index contributed by atoms with van der Waals surface area (Å²) in [6.07, 6.45) is -3.09. The van der Waals surface area contributed by atoms with Gasteiger partial charge in [-0.05, 0) is 19.1 Å². The Hall–Kier alpha value is -1.43. The first-order valence-corrected chi connectivity index (χ1v) is 5.85. The molecule has 5 heteroatoms. The molecule has 0 radical (unpaired) electrons. The highest BCUT2D eigenvalue weighted by molar-refractivity contribution is 5.89. The van der Waals surface area contributed by atoms with E-state index in [1.54, 1.807) is 31.2 Å². The quantitative estimate of drug-likeness (QED) is 0.758. The molecule has 0 amide bonds. The number of carbonyl (C=O) groups is 1. The fourth-order valence-electron chi connectivity index (χ4n) is 1.87. The van der Waals surface area contributed by atoms with Crippen LogP contribution in [0.1, 0.15) is 23.7 Å². The zero-order valence-electron chi connectivity index (χ0n) is 10.0. The number of hydrogen-bond donors (Lipinski definition) is 2. The summed E-state index contributed by atoms with van der Waals surface area (Å²) in [5, 5.41) is 18.8. The summed E-state index contributed by atoms with van der Waals surface area (Å²) in [6, 6.07) is 8.61. The van der Waals surface area contributed by atoms with E-state index in [-0.39, 0.29) is 6.42 Å². The Balaban J connectivity index is 1.99. The van der Waals surface area contributed by atoms with Gasteiger partial charge < -0.3 is 19.7 Å². The van der Waals surface area contributed by atoms with Crippen LogP contribution in [0.2, 0.25) is 0 Å². The normalized spacial score (nSPS) is 31.9. The molecule has 5 nitrogen and oxygen atoms in total. The summed E-state index contributed by atoms with van der Waals surface area (Å²) in [5.41, 5.74) is 0.449. The molecule has 2 N–H and O–H groups in total. The van der Waals surface area contributed by atoms with Crippen molar-refractivity contribution in [1.82, 2.24) is 0 Å². The van der Waals surface area contributed by atoms with Crippen molar-refractivity contribution in [2.24, 2.45) is 0 Å². The molecule has 1 aliphatic heterocycles. The van der Waals surface area contributed by atoms with Gasteiger partial charge in [-0.15, -0.1) is 0 Å². The van der Waals surface area contributed by atoms with E-state index in [0.29, 0.717) is 5.56 Å². The Labute approximate surface area is 105 Å². The maximum Gasteiger partial charge on any atom is 0.338 e. The smallest absolute Gasteiger partial charge is 0.338 e. The molecule has 1 heterocycles. The molecule has 1 aromatic rings. The van der Waals surface area contributed by atoms with Gasteiger partial charge >= 0.3 is 5.97 Å². The van der Waals surface area contributed by atoms with Crippen molar-refractivity contribution >= 4 is 5.97 Å². The van der Waals surface area contributed by atoms with E-state index >= 15 is 0 Å². The molecule has 18 heavy (non-hydrogen) atoms. The van der Waals surface area contributed by atoms with Crippen LogP contribution in [0.25, 0.3) is 0 Å². The van der Waals surface area contributed by atoms with Gasteiger partial charge in [0.1, 0.15) is 12.2 Å². The lowest BCUT2D eigenvalue weighted by molar-refractivity contribution is -0.240. The summed E-state index contributed by atoms with van der Waals surface area (Å²) in [6.45, 7) is 1.69. The van der Waals surface area contributed by atoms with Crippen LogP contribution in [-0.4, -0.2) is 40.8 Å². The monoisotopic (exact) mass is 252 g/mol. The molecular formula is C13H16O5. The summed E-state index contributed by atoms with van der Waals surface area (Å²) in [7, 11) is 0. The van der Waals surface area contributed by atoms with Crippen molar-refractivity contribution in [3.05, 3.63) is 35.9 Å². The van der Waals surface area contributed by atoms with Crippen LogP contribution in [0.4, 0.5) is 0 Å². The lowest BCUT2D eigenvalue weighted by Gasteiger charge is -2.34. The largest absolute Gasteiger partial charge is 0.456 e. The van der Waals surface area contributed by atoms with Crippen LogP contribution in [0.3, 0.4) is 0 Å². The second kappa shape index (κ2) is 5.48. The first-order valence-electron chi connectivity index (χ1n) is 5.85. The van der Waals surface area contributed by atoms with Gasteiger partial charge in [-0.1, -0.05) is 18.2 Å². The maximum absolute atomic E-state index is 11.8. The summed E-state index contributed by atoms with van der Waals surface area (Å²) >= 11 is 0. The van der Waals surface area contributed by atoms with Gasteiger partial charge in [-0.2, -0.15) is 0 Å². The predicted octanol–water partition coefficient (Wildman–Crippen LogP) is 0.700. The number of benzene rings is 1. The van der Waals surface area contributed by atoms with Gasteiger partial charge in [0, 0.05) is 6.42 Å². The van der Waals surface area contributed by atoms with Crippen molar-refractivity contribution in [3.63, 3.8) is 0 Å². The van der Waals surface area contributed by atoms with E-state index in [1.807, 2.05) is 6.07 Å². The minimum absolute atomic E-state index is 0.168. The minimum atomic E-state index is -1.22. The second-order valence-electron chi connectivity index (χ2n) is 4.34. The fraction of sp³-hybridized carbons (Fsp3) is 0.462. The number of carbonyl (C=O) groups excluding carboxylic acids is 1. The topological polar surface area (TPSA) is 76.0 Å². The molecule has 0 spiro atoms. The standard InChI is InChI=1S/C13H16O5/c1-8-11(7-10(14)13(16)17-8)18-12(15)9-5-3-2-4-6-9/h2-6,8,10-11,13-14,16H,7H2,1H3/t8?,10-,11+,13+/m0/s1. The van der Waals surface area contributed by atoms with Crippen LogP contribution in [0.5, 0.6) is 0 Å². The molecule has 0 saturated carbocycles. The Bertz CT molecular complexity index is 405. The van der Waals surface area contributed by atoms with Crippen LogP contribution in [-0.2, 0) is 9.47 Å². The summed E-state index contributed by atoms with van der Waals surface area (Å²) in [5.74, 6) is -0.459. The average Bonchev–Trinajstić information content (AvgIpc) is 2.37. The number of aliphatic hydroxyl groups is 2. The Morgan fingerprint density at radius 1 is 1.33 bits per heavy atom. The van der Waals surface area contributed by atoms with Crippen molar-refractivity contribution in [1.29, 1.82) is 0 Å². The number of esters is 1. The average molecular weight is 252 g/mol. The van der Waals surface area contributed by atoms with Gasteiger partial charge in [0.15, 0.2) is 6.29 Å². The predicted molar refractivity (Wildman–Crippen MR) is 62.8 cm³/mol. The highest BCUT2D eigenvalue weighted by atomic mass is 16.6. The Morgan fingerprint density at radius 2 is 2.00 bits per heavy atom. The van der Waals surface area contributed by atoms with E-state index in [4.69, 9.17) is 9.47 Å². The van der Waals surface area contributed by atoms with Crippen molar-refractivity contribution in [2.45, 2.75) is 37.9 Å². The fourth-order valence-corrected chi connectivity index (χ4v) is 1.87. The molecular weight excluding hydrogens is 236 g/mol. The van der Waals surface area contributed by atoms with Crippen LogP contribution >= 0.6 is 0 Å². The molecule has 2 rings (SSSR count). The zero-order chi connectivity index (χ0) is 13.1. The SMILES string of the molecule is CC1O[C@@H](O)[C@@H](O)C[C@H]1OC(=O)c1ccccc1. The van der Waals surface area contributed by atoms with Crippen LogP contribution in [0, 0.1) is 0 Å². The maximum atomic E-state index is 11.8. The number of rotatable bonds is 2. The number of hydrogen-bond acceptors (Lipinski definition) is 5. The Morgan fingerprint density at radius 3 is 2.67 bits per heavy atom. The third-order valence-electron chi connectivity index (χ3n) is 2.95. The number of aliphatic hydroxyl groups excluding tert-OH is 2. The van der Waals surface area contributed by atoms with E-state index in [9.17, 15) is 15.0 Å². The van der Waals surface area contributed by atoms with Gasteiger partial charge in [0.05, 0.1) is 11.7 Å². The highest BCUT2D eigenvalue weighted by Gasteiger charge is 2.36. The van der Waals surface area contributed by atoms with E-state index in [2.05, 4.69) is 0 Å². The van der Waals surface area contributed by atoms with E-state index < -0.39 is 30.6 Å². The zero-order valence-corrected chi connectivity index (χ0v) is 10.0. The molecule has 98 valence electrons. The molecule has 1 aromatic carbocycles. The van der Waals surface area contributed by atoms with Gasteiger partial charge in [0.2, 0.25) is 0 Å². The minimum Gasteiger partial charge on any atom is -0.456 e. The third-order valence-corrected chi connectivity index (χ3v) is 2.95. The molecule has 1 aliphatic rings. The van der Waals surface area contributed by atoms with Gasteiger partial charge in [-0.25, -0.2) is 4.79 Å². The van der Waals surface area contributed by atoms with E-state index in [0.717, 1.165) is 0 Å². The Kier molecular flexibility index (Phi) is 3.96. The molecule has 1 fully saturated rings. The first kappa shape index (κ1) is 13.0. The molecule has 0 bridgehead atoms. The summed E-state index contributed by atoms with van der Waals surface area (Å²) in [4.78, 5) is 11.8. The second-order valence-corrected chi connectivity index (χ2v) is 4.34. The van der Waals surface area contributed by atoms with Crippen molar-refractivity contribution < 1.29 is 24.5 Å². The molecule has 4 atom stereocenters. The van der Waals surface area contributed by atoms with Crippen LogP contribution in [0.15, 0.2) is 30.3 Å². The molecule has 1 saturated heterocycles. The lowest BCUT2D eigenvalue weighted by atomic mass is 10.0. The van der Waals surface area contributed by atoms with Gasteiger partial charge in [0.25, 0.3) is 0 Å². The summed E-state index contributed by atoms with van der Waals surface area (Å²) < 4.78 is 10.3. The van der Waals surface area contributed by atoms with Crippen molar-refractivity contribution in [2.75, 3.05) is 0 Å². The molecule has 0 aromatic heterocycles. The molecule has 0 aliphatic carbocycles. The third kappa shape index (κ3) is 2.87. The lowest BCUT2D eigenvalue weighted by Crippen LogP contribution is -2.47. The first-order chi connectivity index (χ1) is 8.58. The van der Waals surface area contributed by atoms with Gasteiger partial charge in [-0.3, -0.25) is 0 Å². The molecule has 1 unspecified atom stereocenters. The van der Waals surface area contributed by atoms with Crippen molar-refractivity contribution in [3.8, 4) is 0 Å². The van der Waals surface area contributed by atoms with Crippen LogP contribution < -0.4 is 0 Å². The number of ether oxygens (including phenoxy) is 2. The van der Waals surface area contributed by atoms with E-state index in [1.165, 1.54) is 0 Å². The highest BCUT2D eigenvalue weighted by Crippen LogP contribution is 2.22.